The minimum absolute atomic E-state index is 0.107. The van der Waals surface area contributed by atoms with Crippen LogP contribution in [0.4, 0.5) is 0 Å². The highest BCUT2D eigenvalue weighted by Gasteiger charge is 2.09. The molecule has 0 fully saturated rings. The Morgan fingerprint density at radius 1 is 1.19 bits per heavy atom. The number of fused-ring (bicyclic) bond motifs is 1. The first kappa shape index (κ1) is 13.7. The second-order valence-electron chi connectivity index (χ2n) is 4.66. The van der Waals surface area contributed by atoms with Crippen LogP contribution >= 0.6 is 11.3 Å². The van der Waals surface area contributed by atoms with Crippen LogP contribution in [-0.2, 0) is 22.6 Å². The molecule has 0 amide bonds. The van der Waals surface area contributed by atoms with Gasteiger partial charge in [-0.05, 0) is 24.4 Å². The molecule has 2 heterocycles. The summed E-state index contributed by atoms with van der Waals surface area (Å²) in [5.74, 6) is 0.276. The lowest BCUT2D eigenvalue weighted by Gasteiger charge is -2.06. The van der Waals surface area contributed by atoms with E-state index in [1.807, 2.05) is 48.7 Å². The zero-order valence-corrected chi connectivity index (χ0v) is 12.4. The molecule has 0 unspecified atom stereocenters. The number of aromatic nitrogens is 2. The van der Waals surface area contributed by atoms with E-state index in [9.17, 15) is 4.79 Å². The standard InChI is InChI=1S/C16H14N2O2S/c1-11-13-6-2-3-7-14(13)18-15(17-11)10-20-16(19)9-12-5-4-8-21-12/h2-8H,9-10H2,1H3. The fourth-order valence-electron chi connectivity index (χ4n) is 2.11. The lowest BCUT2D eigenvalue weighted by molar-refractivity contribution is -0.144. The van der Waals surface area contributed by atoms with E-state index < -0.39 is 0 Å². The van der Waals surface area contributed by atoms with Crippen LogP contribution in [0, 0.1) is 6.92 Å². The van der Waals surface area contributed by atoms with Crippen molar-refractivity contribution in [3.8, 4) is 0 Å². The molecule has 0 aliphatic rings. The Hall–Kier alpha value is -2.27. The number of para-hydroxylation sites is 1. The quantitative estimate of drug-likeness (QED) is 0.694. The maximum absolute atomic E-state index is 11.8. The van der Waals surface area contributed by atoms with E-state index in [1.54, 1.807) is 11.3 Å². The second-order valence-corrected chi connectivity index (χ2v) is 5.69. The summed E-state index contributed by atoms with van der Waals surface area (Å²) in [5.41, 5.74) is 1.76. The first-order valence-electron chi connectivity index (χ1n) is 6.62. The molecule has 0 aliphatic heterocycles. The lowest BCUT2D eigenvalue weighted by atomic mass is 10.2. The molecule has 1 aromatic carbocycles. The molecule has 0 atom stereocenters. The van der Waals surface area contributed by atoms with Gasteiger partial charge < -0.3 is 4.74 Å². The molecule has 3 rings (SSSR count). The van der Waals surface area contributed by atoms with Crippen molar-refractivity contribution in [2.24, 2.45) is 0 Å². The minimum atomic E-state index is -0.258. The number of rotatable bonds is 4. The van der Waals surface area contributed by atoms with Crippen molar-refractivity contribution in [1.29, 1.82) is 0 Å². The van der Waals surface area contributed by atoms with E-state index in [1.165, 1.54) is 0 Å². The highest BCUT2D eigenvalue weighted by molar-refractivity contribution is 7.10. The zero-order valence-electron chi connectivity index (χ0n) is 11.6. The predicted molar refractivity (Wildman–Crippen MR) is 82.1 cm³/mol. The molecule has 0 radical (unpaired) electrons. The highest BCUT2D eigenvalue weighted by Crippen LogP contribution is 2.15. The van der Waals surface area contributed by atoms with Crippen LogP contribution in [0.15, 0.2) is 41.8 Å². The van der Waals surface area contributed by atoms with Gasteiger partial charge in [0.05, 0.1) is 11.9 Å². The first-order valence-corrected chi connectivity index (χ1v) is 7.50. The van der Waals surface area contributed by atoms with Gasteiger partial charge in [-0.3, -0.25) is 4.79 Å². The van der Waals surface area contributed by atoms with Crippen molar-refractivity contribution in [1.82, 2.24) is 9.97 Å². The molecule has 21 heavy (non-hydrogen) atoms. The molecule has 5 heteroatoms. The van der Waals surface area contributed by atoms with Gasteiger partial charge in [0.25, 0.3) is 0 Å². The van der Waals surface area contributed by atoms with Crippen molar-refractivity contribution in [3.63, 3.8) is 0 Å². The predicted octanol–water partition coefficient (Wildman–Crippen LogP) is 3.29. The number of esters is 1. The van der Waals surface area contributed by atoms with Gasteiger partial charge in [-0.2, -0.15) is 0 Å². The van der Waals surface area contributed by atoms with E-state index in [4.69, 9.17) is 4.74 Å². The number of carbonyl (C=O) groups excluding carboxylic acids is 1. The van der Waals surface area contributed by atoms with E-state index in [0.717, 1.165) is 21.5 Å². The summed E-state index contributed by atoms with van der Waals surface area (Å²) < 4.78 is 5.25. The summed E-state index contributed by atoms with van der Waals surface area (Å²) in [4.78, 5) is 21.6. The molecule has 3 aromatic rings. The lowest BCUT2D eigenvalue weighted by Crippen LogP contribution is -2.09. The Kier molecular flexibility index (Phi) is 3.92. The van der Waals surface area contributed by atoms with Crippen LogP contribution in [0.1, 0.15) is 16.4 Å². The van der Waals surface area contributed by atoms with Gasteiger partial charge in [-0.25, -0.2) is 9.97 Å². The monoisotopic (exact) mass is 298 g/mol. The van der Waals surface area contributed by atoms with E-state index >= 15 is 0 Å². The first-order chi connectivity index (χ1) is 10.2. The van der Waals surface area contributed by atoms with Gasteiger partial charge in [-0.1, -0.05) is 24.3 Å². The van der Waals surface area contributed by atoms with Crippen molar-refractivity contribution in [2.75, 3.05) is 0 Å². The Labute approximate surface area is 126 Å². The van der Waals surface area contributed by atoms with Crippen molar-refractivity contribution in [2.45, 2.75) is 20.0 Å². The number of ether oxygens (including phenoxy) is 1. The molecule has 0 saturated heterocycles. The molecular weight excluding hydrogens is 284 g/mol. The molecule has 0 N–H and O–H groups in total. The Bertz CT molecular complexity index is 769. The maximum atomic E-state index is 11.8. The van der Waals surface area contributed by atoms with Crippen LogP contribution in [0.5, 0.6) is 0 Å². The molecular formula is C16H14N2O2S. The summed E-state index contributed by atoms with van der Waals surface area (Å²) in [7, 11) is 0. The van der Waals surface area contributed by atoms with Gasteiger partial charge in [-0.15, -0.1) is 11.3 Å². The molecule has 0 spiro atoms. The number of nitrogens with zero attached hydrogens (tertiary/aromatic N) is 2. The summed E-state index contributed by atoms with van der Waals surface area (Å²) in [6, 6.07) is 11.6. The average molecular weight is 298 g/mol. The van der Waals surface area contributed by atoms with Crippen LogP contribution < -0.4 is 0 Å². The van der Waals surface area contributed by atoms with Crippen LogP contribution in [0.2, 0.25) is 0 Å². The fourth-order valence-corrected chi connectivity index (χ4v) is 2.80. The van der Waals surface area contributed by atoms with Crippen molar-refractivity contribution >= 4 is 28.2 Å². The van der Waals surface area contributed by atoms with Crippen LogP contribution in [0.25, 0.3) is 10.9 Å². The molecule has 0 saturated carbocycles. The zero-order chi connectivity index (χ0) is 14.7. The number of benzene rings is 1. The third-order valence-corrected chi connectivity index (χ3v) is 3.98. The highest BCUT2D eigenvalue weighted by atomic mass is 32.1. The SMILES string of the molecule is Cc1nc(COC(=O)Cc2cccs2)nc2ccccc12. The van der Waals surface area contributed by atoms with Gasteiger partial charge in [0.15, 0.2) is 12.4 Å². The van der Waals surface area contributed by atoms with E-state index in [2.05, 4.69) is 9.97 Å². The van der Waals surface area contributed by atoms with Crippen molar-refractivity contribution in [3.05, 3.63) is 58.2 Å². The molecule has 106 valence electrons. The summed E-state index contributed by atoms with van der Waals surface area (Å²) in [6.07, 6.45) is 0.296. The summed E-state index contributed by atoms with van der Waals surface area (Å²) in [6.45, 7) is 2.04. The van der Waals surface area contributed by atoms with Crippen molar-refractivity contribution < 1.29 is 9.53 Å². The third kappa shape index (κ3) is 3.25. The van der Waals surface area contributed by atoms with Crippen LogP contribution in [0.3, 0.4) is 0 Å². The number of carbonyl (C=O) groups is 1. The summed E-state index contributed by atoms with van der Waals surface area (Å²) in [5, 5.41) is 2.96. The summed E-state index contributed by atoms with van der Waals surface area (Å²) >= 11 is 1.55. The maximum Gasteiger partial charge on any atom is 0.311 e. The van der Waals surface area contributed by atoms with E-state index in [0.29, 0.717) is 12.2 Å². The topological polar surface area (TPSA) is 52.1 Å². The fraction of sp³-hybridized carbons (Fsp3) is 0.188. The number of aryl methyl sites for hydroxylation is 1. The van der Waals surface area contributed by atoms with Gasteiger partial charge in [0.1, 0.15) is 0 Å². The number of hydrogen-bond acceptors (Lipinski definition) is 5. The van der Waals surface area contributed by atoms with E-state index in [-0.39, 0.29) is 12.6 Å². The Morgan fingerprint density at radius 3 is 2.86 bits per heavy atom. The smallest absolute Gasteiger partial charge is 0.311 e. The largest absolute Gasteiger partial charge is 0.457 e. The number of thiophene rings is 1. The van der Waals surface area contributed by atoms with Gasteiger partial charge in [0.2, 0.25) is 0 Å². The Morgan fingerprint density at radius 2 is 2.05 bits per heavy atom. The molecule has 4 nitrogen and oxygen atoms in total. The number of hydrogen-bond donors (Lipinski definition) is 0. The molecule has 2 aromatic heterocycles. The van der Waals surface area contributed by atoms with Gasteiger partial charge >= 0.3 is 5.97 Å². The second kappa shape index (κ2) is 6.01. The third-order valence-electron chi connectivity index (χ3n) is 3.10. The Balaban J connectivity index is 1.69. The molecule has 0 bridgehead atoms. The normalized spacial score (nSPS) is 10.7. The average Bonchev–Trinajstić information content (AvgIpc) is 2.98. The minimum Gasteiger partial charge on any atom is -0.457 e. The van der Waals surface area contributed by atoms with Crippen LogP contribution in [-0.4, -0.2) is 15.9 Å². The van der Waals surface area contributed by atoms with Gasteiger partial charge in [0, 0.05) is 16.0 Å². The molecule has 0 aliphatic carbocycles.